The second-order valence-electron chi connectivity index (χ2n) is 8.05. The van der Waals surface area contributed by atoms with Crippen LogP contribution < -0.4 is 4.90 Å². The second-order valence-corrected chi connectivity index (χ2v) is 8.46. The molecule has 4 aromatic rings. The number of H-pyrrole nitrogens is 1. The Kier molecular flexibility index (Phi) is 5.20. The standard InChI is InChI=1S/C23H18ClF3N6O/c1-12-11-32(14-6-7-16(17(24)9-14)23(25,26)27)22(34)20-15(10-29-33(12)20)19-13(2)30-21(31-19)18-5-3-4-8-28-18/h3-10,12H,11H2,1-2H3,(H,30,31)/t12-/m0/s1. The maximum absolute atomic E-state index is 13.5. The van der Waals surface area contributed by atoms with Gasteiger partial charge < -0.3 is 9.88 Å². The highest BCUT2D eigenvalue weighted by Crippen LogP contribution is 2.39. The Morgan fingerprint density at radius 1 is 1.21 bits per heavy atom. The quantitative estimate of drug-likeness (QED) is 0.412. The number of rotatable bonds is 3. The van der Waals surface area contributed by atoms with Crippen molar-refractivity contribution in [3.05, 3.63) is 70.8 Å². The van der Waals surface area contributed by atoms with Gasteiger partial charge in [0.15, 0.2) is 5.82 Å². The maximum atomic E-state index is 13.5. The summed E-state index contributed by atoms with van der Waals surface area (Å²) in [6.45, 7) is 3.94. The number of anilines is 1. The van der Waals surface area contributed by atoms with Crippen LogP contribution in [0.3, 0.4) is 0 Å². The Labute approximate surface area is 197 Å². The molecule has 174 valence electrons. The molecule has 1 N–H and O–H groups in total. The third-order valence-corrected chi connectivity index (χ3v) is 6.04. The van der Waals surface area contributed by atoms with Gasteiger partial charge in [-0.05, 0) is 44.2 Å². The molecule has 0 aliphatic carbocycles. The number of halogens is 4. The summed E-state index contributed by atoms with van der Waals surface area (Å²) in [6, 6.07) is 8.55. The van der Waals surface area contributed by atoms with E-state index in [9.17, 15) is 18.0 Å². The first kappa shape index (κ1) is 22.1. The van der Waals surface area contributed by atoms with Crippen molar-refractivity contribution in [2.45, 2.75) is 26.1 Å². The van der Waals surface area contributed by atoms with Crippen molar-refractivity contribution < 1.29 is 18.0 Å². The van der Waals surface area contributed by atoms with E-state index in [-0.39, 0.29) is 18.3 Å². The minimum Gasteiger partial charge on any atom is -0.340 e. The molecule has 0 saturated carbocycles. The van der Waals surface area contributed by atoms with Crippen molar-refractivity contribution in [1.82, 2.24) is 24.7 Å². The molecular weight excluding hydrogens is 469 g/mol. The van der Waals surface area contributed by atoms with Crippen LogP contribution in [-0.2, 0) is 6.18 Å². The predicted octanol–water partition coefficient (Wildman–Crippen LogP) is 5.54. The smallest absolute Gasteiger partial charge is 0.340 e. The van der Waals surface area contributed by atoms with Crippen LogP contribution in [0.5, 0.6) is 0 Å². The molecule has 1 aliphatic heterocycles. The molecule has 5 rings (SSSR count). The van der Waals surface area contributed by atoms with E-state index in [1.54, 1.807) is 23.1 Å². The molecule has 1 amide bonds. The monoisotopic (exact) mass is 486 g/mol. The van der Waals surface area contributed by atoms with Crippen molar-refractivity contribution in [2.75, 3.05) is 11.4 Å². The van der Waals surface area contributed by atoms with Crippen LogP contribution in [0.4, 0.5) is 18.9 Å². The fourth-order valence-corrected chi connectivity index (χ4v) is 4.39. The Morgan fingerprint density at radius 3 is 2.68 bits per heavy atom. The summed E-state index contributed by atoms with van der Waals surface area (Å²) >= 11 is 5.91. The minimum atomic E-state index is -4.58. The fourth-order valence-electron chi connectivity index (χ4n) is 4.11. The molecule has 0 bridgehead atoms. The summed E-state index contributed by atoms with van der Waals surface area (Å²) in [7, 11) is 0. The average Bonchev–Trinajstić information content (AvgIpc) is 3.40. The van der Waals surface area contributed by atoms with Gasteiger partial charge in [0.05, 0.1) is 34.1 Å². The lowest BCUT2D eigenvalue weighted by atomic mass is 10.1. The van der Waals surface area contributed by atoms with Gasteiger partial charge in [-0.1, -0.05) is 17.7 Å². The predicted molar refractivity (Wildman–Crippen MR) is 121 cm³/mol. The largest absolute Gasteiger partial charge is 0.417 e. The molecule has 0 spiro atoms. The number of imidazole rings is 1. The van der Waals surface area contributed by atoms with Crippen molar-refractivity contribution in [2.24, 2.45) is 0 Å². The van der Waals surface area contributed by atoms with Crippen molar-refractivity contribution >= 4 is 23.2 Å². The number of fused-ring (bicyclic) bond motifs is 1. The van der Waals surface area contributed by atoms with Crippen LogP contribution in [-0.4, -0.2) is 37.2 Å². The third-order valence-electron chi connectivity index (χ3n) is 5.72. The molecule has 0 radical (unpaired) electrons. The van der Waals surface area contributed by atoms with E-state index in [4.69, 9.17) is 11.6 Å². The second kappa shape index (κ2) is 7.98. The molecule has 0 unspecified atom stereocenters. The number of amides is 1. The fraction of sp³-hybridized carbons (Fsp3) is 0.217. The summed E-state index contributed by atoms with van der Waals surface area (Å²) in [5, 5.41) is 3.94. The Bertz CT molecular complexity index is 1400. The van der Waals surface area contributed by atoms with E-state index in [0.717, 1.165) is 11.8 Å². The Hall–Kier alpha value is -3.66. The lowest BCUT2D eigenvalue weighted by Crippen LogP contribution is -2.42. The highest BCUT2D eigenvalue weighted by Gasteiger charge is 2.37. The van der Waals surface area contributed by atoms with E-state index >= 15 is 0 Å². The summed E-state index contributed by atoms with van der Waals surface area (Å²) in [5.41, 5.74) is 2.09. The lowest BCUT2D eigenvalue weighted by molar-refractivity contribution is -0.137. The number of aromatic nitrogens is 5. The van der Waals surface area contributed by atoms with Crippen molar-refractivity contribution in [1.29, 1.82) is 0 Å². The number of nitrogens with zero attached hydrogens (tertiary/aromatic N) is 5. The number of carbonyl (C=O) groups is 1. The molecule has 3 aromatic heterocycles. The van der Waals surface area contributed by atoms with Gasteiger partial charge in [0.25, 0.3) is 5.91 Å². The average molecular weight is 487 g/mol. The molecule has 1 aromatic carbocycles. The van der Waals surface area contributed by atoms with E-state index in [1.165, 1.54) is 17.0 Å². The summed E-state index contributed by atoms with van der Waals surface area (Å²) in [4.78, 5) is 27.1. The zero-order valence-electron chi connectivity index (χ0n) is 18.1. The maximum Gasteiger partial charge on any atom is 0.417 e. The minimum absolute atomic E-state index is 0.225. The molecular formula is C23H18ClF3N6O. The number of aromatic amines is 1. The van der Waals surface area contributed by atoms with Crippen LogP contribution in [0.25, 0.3) is 22.8 Å². The third kappa shape index (κ3) is 3.63. The van der Waals surface area contributed by atoms with Crippen LogP contribution in [0.2, 0.25) is 5.02 Å². The van der Waals surface area contributed by atoms with Crippen LogP contribution >= 0.6 is 11.6 Å². The molecule has 0 saturated heterocycles. The summed E-state index contributed by atoms with van der Waals surface area (Å²) in [5.74, 6) is 0.152. The SMILES string of the molecule is Cc1[nH]c(-c2ccccn2)nc1-c1cnn2c1C(=O)N(c1ccc(C(F)(F)F)c(Cl)c1)C[C@@H]2C. The van der Waals surface area contributed by atoms with Crippen molar-refractivity contribution in [3.63, 3.8) is 0 Å². The van der Waals surface area contributed by atoms with E-state index < -0.39 is 22.7 Å². The van der Waals surface area contributed by atoms with Crippen LogP contribution in [0, 0.1) is 6.92 Å². The normalized spacial score (nSPS) is 16.1. The summed E-state index contributed by atoms with van der Waals surface area (Å²) < 4.78 is 41.0. The van der Waals surface area contributed by atoms with E-state index in [1.807, 2.05) is 26.0 Å². The first-order valence-electron chi connectivity index (χ1n) is 10.4. The Morgan fingerprint density at radius 2 is 2.00 bits per heavy atom. The zero-order valence-corrected chi connectivity index (χ0v) is 18.8. The van der Waals surface area contributed by atoms with Crippen LogP contribution in [0.15, 0.2) is 48.8 Å². The number of aryl methyl sites for hydroxylation is 1. The first-order chi connectivity index (χ1) is 16.1. The van der Waals surface area contributed by atoms with Gasteiger partial charge in [-0.25, -0.2) is 4.98 Å². The van der Waals surface area contributed by atoms with Crippen LogP contribution in [0.1, 0.15) is 34.7 Å². The highest BCUT2D eigenvalue weighted by molar-refractivity contribution is 6.31. The van der Waals surface area contributed by atoms with Gasteiger partial charge in [-0.3, -0.25) is 14.5 Å². The molecule has 11 heteroatoms. The summed E-state index contributed by atoms with van der Waals surface area (Å²) in [6.07, 6.45) is -1.34. The van der Waals surface area contributed by atoms with E-state index in [0.29, 0.717) is 28.5 Å². The molecule has 7 nitrogen and oxygen atoms in total. The number of hydrogen-bond acceptors (Lipinski definition) is 4. The van der Waals surface area contributed by atoms with Crippen molar-refractivity contribution in [3.8, 4) is 22.8 Å². The topological polar surface area (TPSA) is 79.7 Å². The Balaban J connectivity index is 1.56. The van der Waals surface area contributed by atoms with Gasteiger partial charge >= 0.3 is 6.18 Å². The molecule has 4 heterocycles. The lowest BCUT2D eigenvalue weighted by Gasteiger charge is -2.32. The molecule has 34 heavy (non-hydrogen) atoms. The number of pyridine rings is 1. The molecule has 1 atom stereocenters. The number of alkyl halides is 3. The first-order valence-corrected chi connectivity index (χ1v) is 10.8. The number of benzene rings is 1. The molecule has 1 aliphatic rings. The van der Waals surface area contributed by atoms with Gasteiger partial charge in [0.1, 0.15) is 11.4 Å². The van der Waals surface area contributed by atoms with E-state index in [2.05, 4.69) is 20.1 Å². The molecule has 0 fully saturated rings. The van der Waals surface area contributed by atoms with Gasteiger partial charge in [-0.15, -0.1) is 0 Å². The number of hydrogen-bond donors (Lipinski definition) is 1. The zero-order chi connectivity index (χ0) is 24.2. The number of nitrogens with one attached hydrogen (secondary N) is 1. The number of carbonyl (C=O) groups excluding carboxylic acids is 1. The van der Waals surface area contributed by atoms with Gasteiger partial charge in [0, 0.05) is 24.1 Å². The highest BCUT2D eigenvalue weighted by atomic mass is 35.5. The van der Waals surface area contributed by atoms with Gasteiger partial charge in [0.2, 0.25) is 0 Å². The van der Waals surface area contributed by atoms with Gasteiger partial charge in [-0.2, -0.15) is 18.3 Å².